The third-order valence-electron chi connectivity index (χ3n) is 6.44. The van der Waals surface area contributed by atoms with E-state index in [9.17, 15) is 14.4 Å². The van der Waals surface area contributed by atoms with Gasteiger partial charge in [0.2, 0.25) is 5.91 Å². The molecule has 2 aliphatic rings. The molecule has 1 unspecified atom stereocenters. The molecular formula is C29H28N2O5. The van der Waals surface area contributed by atoms with E-state index in [-0.39, 0.29) is 30.4 Å². The lowest BCUT2D eigenvalue weighted by atomic mass is 10.1. The van der Waals surface area contributed by atoms with Crippen LogP contribution in [0.15, 0.2) is 72.8 Å². The summed E-state index contributed by atoms with van der Waals surface area (Å²) in [5.74, 6) is 0.382. The van der Waals surface area contributed by atoms with Crippen molar-refractivity contribution in [2.75, 3.05) is 18.5 Å². The summed E-state index contributed by atoms with van der Waals surface area (Å²) >= 11 is 0. The first-order valence-corrected chi connectivity index (χ1v) is 12.3. The van der Waals surface area contributed by atoms with Crippen molar-refractivity contribution in [1.82, 2.24) is 4.90 Å². The lowest BCUT2D eigenvalue weighted by Gasteiger charge is -2.17. The maximum absolute atomic E-state index is 12.9. The van der Waals surface area contributed by atoms with Crippen molar-refractivity contribution in [3.63, 3.8) is 0 Å². The average molecular weight is 485 g/mol. The highest BCUT2D eigenvalue weighted by Gasteiger charge is 2.37. The second-order valence-electron chi connectivity index (χ2n) is 9.08. The lowest BCUT2D eigenvalue weighted by Crippen LogP contribution is -2.36. The number of carbonyl (C=O) groups excluding carboxylic acids is 3. The average Bonchev–Trinajstić information content (AvgIpc) is 3.49. The fraction of sp³-hybridized carbons (Fsp3) is 0.276. The SMILES string of the molecule is O=C(CCCc1ccccc1)Nc1ccc(Oc2ccc3c(c2)C(=O)N(CC2CCCO2)C3=O)cc1. The van der Waals surface area contributed by atoms with Crippen molar-refractivity contribution in [1.29, 1.82) is 0 Å². The molecule has 36 heavy (non-hydrogen) atoms. The first-order chi connectivity index (χ1) is 17.6. The number of hydrogen-bond donors (Lipinski definition) is 1. The number of nitrogens with zero attached hydrogens (tertiary/aromatic N) is 1. The van der Waals surface area contributed by atoms with Gasteiger partial charge in [-0.05, 0) is 73.7 Å². The largest absolute Gasteiger partial charge is 0.457 e. The Kier molecular flexibility index (Phi) is 7.09. The van der Waals surface area contributed by atoms with Crippen molar-refractivity contribution in [2.45, 2.75) is 38.2 Å². The fourth-order valence-corrected chi connectivity index (χ4v) is 4.55. The molecule has 0 saturated carbocycles. The summed E-state index contributed by atoms with van der Waals surface area (Å²) in [6, 6.07) is 22.1. The highest BCUT2D eigenvalue weighted by Crippen LogP contribution is 2.31. The Morgan fingerprint density at radius 3 is 2.44 bits per heavy atom. The van der Waals surface area contributed by atoms with Crippen LogP contribution in [-0.4, -0.2) is 41.9 Å². The number of amides is 3. The topological polar surface area (TPSA) is 84.9 Å². The molecule has 7 nitrogen and oxygen atoms in total. The molecule has 184 valence electrons. The summed E-state index contributed by atoms with van der Waals surface area (Å²) in [5, 5.41) is 2.91. The minimum Gasteiger partial charge on any atom is -0.457 e. The zero-order valence-corrected chi connectivity index (χ0v) is 19.9. The van der Waals surface area contributed by atoms with E-state index in [1.165, 1.54) is 10.5 Å². The molecule has 2 heterocycles. The number of imide groups is 1. The normalized spacial score (nSPS) is 16.8. The maximum Gasteiger partial charge on any atom is 0.261 e. The number of carbonyl (C=O) groups is 3. The predicted molar refractivity (Wildman–Crippen MR) is 135 cm³/mol. The summed E-state index contributed by atoms with van der Waals surface area (Å²) in [6.45, 7) is 0.949. The van der Waals surface area contributed by atoms with E-state index in [1.807, 2.05) is 18.2 Å². The molecule has 1 N–H and O–H groups in total. The van der Waals surface area contributed by atoms with Gasteiger partial charge in [-0.25, -0.2) is 0 Å². The number of nitrogens with one attached hydrogen (secondary N) is 1. The van der Waals surface area contributed by atoms with E-state index in [0.717, 1.165) is 25.7 Å². The van der Waals surface area contributed by atoms with Gasteiger partial charge in [-0.2, -0.15) is 0 Å². The standard InChI is InChI=1S/C29H28N2O5/c32-27(10-4-8-20-6-2-1-3-7-20)30-21-11-13-22(14-12-21)36-23-15-16-25-26(18-23)29(34)31(28(25)33)19-24-9-5-17-35-24/h1-3,6-7,11-16,18,24H,4-5,8-10,17,19H2,(H,30,32). The Morgan fingerprint density at radius 1 is 0.944 bits per heavy atom. The number of aryl methyl sites for hydroxylation is 1. The number of hydrogen-bond acceptors (Lipinski definition) is 5. The third kappa shape index (κ3) is 5.47. The van der Waals surface area contributed by atoms with Gasteiger partial charge in [-0.3, -0.25) is 19.3 Å². The van der Waals surface area contributed by atoms with Crippen LogP contribution in [0.2, 0.25) is 0 Å². The maximum atomic E-state index is 12.9. The van der Waals surface area contributed by atoms with Crippen LogP contribution >= 0.6 is 0 Å². The molecule has 0 aromatic heterocycles. The Hall–Kier alpha value is -3.97. The minimum atomic E-state index is -0.318. The van der Waals surface area contributed by atoms with E-state index in [2.05, 4.69) is 17.4 Å². The van der Waals surface area contributed by atoms with Gasteiger partial charge in [0.15, 0.2) is 0 Å². The van der Waals surface area contributed by atoms with Crippen LogP contribution in [0.25, 0.3) is 0 Å². The van der Waals surface area contributed by atoms with Crippen molar-refractivity contribution in [2.24, 2.45) is 0 Å². The van der Waals surface area contributed by atoms with Crippen molar-refractivity contribution in [3.05, 3.63) is 89.5 Å². The summed E-state index contributed by atoms with van der Waals surface area (Å²) in [6.07, 6.45) is 3.79. The first kappa shape index (κ1) is 23.8. The summed E-state index contributed by atoms with van der Waals surface area (Å²) in [7, 11) is 0. The quantitative estimate of drug-likeness (QED) is 0.421. The molecule has 5 rings (SSSR count). The van der Waals surface area contributed by atoms with Crippen LogP contribution in [0.1, 0.15) is 52.0 Å². The molecule has 2 aliphatic heterocycles. The second-order valence-corrected chi connectivity index (χ2v) is 9.08. The van der Waals surface area contributed by atoms with Crippen LogP contribution in [0.3, 0.4) is 0 Å². The molecule has 3 aromatic rings. The zero-order valence-electron chi connectivity index (χ0n) is 19.9. The van der Waals surface area contributed by atoms with E-state index < -0.39 is 0 Å². The van der Waals surface area contributed by atoms with E-state index >= 15 is 0 Å². The van der Waals surface area contributed by atoms with Crippen LogP contribution in [0, 0.1) is 0 Å². The molecule has 7 heteroatoms. The summed E-state index contributed by atoms with van der Waals surface area (Å²) in [5.41, 5.74) is 2.64. The number of rotatable bonds is 9. The van der Waals surface area contributed by atoms with Gasteiger partial charge in [0, 0.05) is 18.7 Å². The van der Waals surface area contributed by atoms with Crippen molar-refractivity contribution < 1.29 is 23.9 Å². The van der Waals surface area contributed by atoms with E-state index in [4.69, 9.17) is 9.47 Å². The second kappa shape index (κ2) is 10.7. The minimum absolute atomic E-state index is 0.0334. The van der Waals surface area contributed by atoms with Crippen molar-refractivity contribution >= 4 is 23.4 Å². The molecule has 0 radical (unpaired) electrons. The van der Waals surface area contributed by atoms with E-state index in [1.54, 1.807) is 42.5 Å². The highest BCUT2D eigenvalue weighted by atomic mass is 16.5. The number of ether oxygens (including phenoxy) is 2. The predicted octanol–water partition coefficient (Wildman–Crippen LogP) is 5.22. The van der Waals surface area contributed by atoms with Gasteiger partial charge in [0.1, 0.15) is 11.5 Å². The van der Waals surface area contributed by atoms with Crippen LogP contribution in [-0.2, 0) is 16.0 Å². The molecule has 0 spiro atoms. The van der Waals surface area contributed by atoms with Gasteiger partial charge in [-0.15, -0.1) is 0 Å². The molecule has 3 aromatic carbocycles. The fourth-order valence-electron chi connectivity index (χ4n) is 4.55. The van der Waals surface area contributed by atoms with Crippen LogP contribution in [0.5, 0.6) is 11.5 Å². The van der Waals surface area contributed by atoms with E-state index in [0.29, 0.717) is 41.3 Å². The molecule has 1 saturated heterocycles. The monoisotopic (exact) mass is 484 g/mol. The highest BCUT2D eigenvalue weighted by molar-refractivity contribution is 6.21. The Morgan fingerprint density at radius 2 is 1.69 bits per heavy atom. The molecule has 0 aliphatic carbocycles. The summed E-state index contributed by atoms with van der Waals surface area (Å²) < 4.78 is 11.5. The van der Waals surface area contributed by atoms with Gasteiger partial charge in [-0.1, -0.05) is 30.3 Å². The van der Waals surface area contributed by atoms with Crippen LogP contribution < -0.4 is 10.1 Å². The Balaban J connectivity index is 1.15. The molecule has 1 atom stereocenters. The smallest absolute Gasteiger partial charge is 0.261 e. The molecular weight excluding hydrogens is 456 g/mol. The summed E-state index contributed by atoms with van der Waals surface area (Å²) in [4.78, 5) is 39.1. The van der Waals surface area contributed by atoms with Gasteiger partial charge in [0.05, 0.1) is 23.8 Å². The molecule has 1 fully saturated rings. The van der Waals surface area contributed by atoms with Crippen molar-refractivity contribution in [3.8, 4) is 11.5 Å². The first-order valence-electron chi connectivity index (χ1n) is 12.3. The van der Waals surface area contributed by atoms with Gasteiger partial charge in [0.25, 0.3) is 11.8 Å². The Labute approximate surface area is 210 Å². The van der Waals surface area contributed by atoms with Crippen LogP contribution in [0.4, 0.5) is 5.69 Å². The third-order valence-corrected chi connectivity index (χ3v) is 6.44. The van der Waals surface area contributed by atoms with Gasteiger partial charge >= 0.3 is 0 Å². The zero-order chi connectivity index (χ0) is 24.9. The number of anilines is 1. The lowest BCUT2D eigenvalue weighted by molar-refractivity contribution is -0.116. The molecule has 0 bridgehead atoms. The molecule has 3 amide bonds. The number of fused-ring (bicyclic) bond motifs is 1. The van der Waals surface area contributed by atoms with Gasteiger partial charge < -0.3 is 14.8 Å². The Bertz CT molecular complexity index is 1250. The number of benzene rings is 3.